The third kappa shape index (κ3) is 6.40. The number of urea groups is 1. The highest BCUT2D eigenvalue weighted by Crippen LogP contribution is 2.29. The number of carbonyl (C=O) groups is 2. The molecule has 2 aromatic rings. The van der Waals surface area contributed by atoms with Crippen LogP contribution in [-0.2, 0) is 12.7 Å². The molecule has 8 heteroatoms. The van der Waals surface area contributed by atoms with Crippen molar-refractivity contribution in [3.63, 3.8) is 0 Å². The Morgan fingerprint density at radius 1 is 1.04 bits per heavy atom. The first-order chi connectivity index (χ1) is 12.8. The molecule has 0 radical (unpaired) electrons. The van der Waals surface area contributed by atoms with E-state index >= 15 is 0 Å². The molecular weight excluding hydrogens is 359 g/mol. The quantitative estimate of drug-likeness (QED) is 0.718. The number of halogens is 3. The molecule has 3 amide bonds. The van der Waals surface area contributed by atoms with Gasteiger partial charge >= 0.3 is 12.2 Å². The van der Waals surface area contributed by atoms with Crippen LogP contribution in [-0.4, -0.2) is 18.5 Å². The highest BCUT2D eigenvalue weighted by Gasteiger charge is 2.30. The summed E-state index contributed by atoms with van der Waals surface area (Å²) < 4.78 is 37.9. The molecule has 5 nitrogen and oxygen atoms in total. The predicted molar refractivity (Wildman–Crippen MR) is 93.5 cm³/mol. The lowest BCUT2D eigenvalue weighted by Crippen LogP contribution is -2.28. The van der Waals surface area contributed by atoms with Crippen molar-refractivity contribution in [2.45, 2.75) is 12.7 Å². The number of hydrogen-bond acceptors (Lipinski definition) is 2. The Morgan fingerprint density at radius 2 is 1.74 bits per heavy atom. The van der Waals surface area contributed by atoms with Crippen LogP contribution in [0.1, 0.15) is 27.0 Å². The van der Waals surface area contributed by atoms with Crippen LogP contribution in [0.25, 0.3) is 0 Å². The van der Waals surface area contributed by atoms with E-state index in [1.54, 1.807) is 24.3 Å². The molecule has 0 aromatic heterocycles. The zero-order valence-electron chi connectivity index (χ0n) is 14.1. The lowest BCUT2D eigenvalue weighted by molar-refractivity contribution is -0.137. The van der Waals surface area contributed by atoms with Gasteiger partial charge in [0.2, 0.25) is 0 Å². The van der Waals surface area contributed by atoms with Crippen LogP contribution in [0.5, 0.6) is 0 Å². The molecule has 0 saturated heterocycles. The summed E-state index contributed by atoms with van der Waals surface area (Å²) in [5.74, 6) is 4.83. The second kappa shape index (κ2) is 8.76. The maximum atomic E-state index is 12.6. The largest absolute Gasteiger partial charge is 0.416 e. The molecular formula is C19H16F3N3O2. The van der Waals surface area contributed by atoms with Crippen LogP contribution < -0.4 is 16.4 Å². The molecule has 0 saturated carbocycles. The second-order valence-electron chi connectivity index (χ2n) is 5.48. The minimum Gasteiger partial charge on any atom is -0.352 e. The second-order valence-corrected chi connectivity index (χ2v) is 5.48. The van der Waals surface area contributed by atoms with E-state index in [4.69, 9.17) is 5.73 Å². The maximum absolute atomic E-state index is 12.6. The van der Waals surface area contributed by atoms with Gasteiger partial charge in [0.1, 0.15) is 0 Å². The van der Waals surface area contributed by atoms with Gasteiger partial charge in [-0.25, -0.2) is 4.79 Å². The number of primary amides is 1. The van der Waals surface area contributed by atoms with Crippen LogP contribution in [0.4, 0.5) is 18.0 Å². The van der Waals surface area contributed by atoms with Crippen molar-refractivity contribution in [2.75, 3.05) is 6.54 Å². The van der Waals surface area contributed by atoms with E-state index in [2.05, 4.69) is 22.5 Å². The molecule has 0 fully saturated rings. The van der Waals surface area contributed by atoms with E-state index in [-0.39, 0.29) is 24.6 Å². The third-order valence-electron chi connectivity index (χ3n) is 3.44. The Kier molecular flexibility index (Phi) is 6.44. The Labute approximate surface area is 153 Å². The van der Waals surface area contributed by atoms with Gasteiger partial charge in [-0.15, -0.1) is 0 Å². The molecule has 0 aliphatic heterocycles. The van der Waals surface area contributed by atoms with Gasteiger partial charge in [-0.2, -0.15) is 13.2 Å². The van der Waals surface area contributed by atoms with Crippen molar-refractivity contribution in [2.24, 2.45) is 5.73 Å². The Balaban J connectivity index is 1.90. The van der Waals surface area contributed by atoms with Crippen LogP contribution in [0.15, 0.2) is 48.5 Å². The summed E-state index contributed by atoms with van der Waals surface area (Å²) in [5.41, 5.74) is 5.58. The molecule has 0 bridgehead atoms. The lowest BCUT2D eigenvalue weighted by Gasteiger charge is -2.06. The van der Waals surface area contributed by atoms with Gasteiger partial charge in [0.25, 0.3) is 5.91 Å². The van der Waals surface area contributed by atoms with Crippen molar-refractivity contribution >= 4 is 11.9 Å². The van der Waals surface area contributed by atoms with Crippen molar-refractivity contribution in [3.05, 3.63) is 70.8 Å². The van der Waals surface area contributed by atoms with Crippen molar-refractivity contribution < 1.29 is 22.8 Å². The molecule has 140 valence electrons. The first-order valence-corrected chi connectivity index (χ1v) is 7.82. The van der Waals surface area contributed by atoms with Gasteiger partial charge in [0, 0.05) is 17.7 Å². The minimum absolute atomic E-state index is 0.0138. The van der Waals surface area contributed by atoms with E-state index in [9.17, 15) is 22.8 Å². The molecule has 0 unspecified atom stereocenters. The fraction of sp³-hybridized carbons (Fsp3) is 0.158. The number of nitrogens with one attached hydrogen (secondary N) is 2. The summed E-state index contributed by atoms with van der Waals surface area (Å²) in [4.78, 5) is 22.6. The fourth-order valence-corrected chi connectivity index (χ4v) is 2.11. The number of amides is 3. The van der Waals surface area contributed by atoms with Gasteiger partial charge < -0.3 is 16.4 Å². The molecule has 0 aliphatic carbocycles. The van der Waals surface area contributed by atoms with Gasteiger partial charge in [0.05, 0.1) is 12.1 Å². The minimum atomic E-state index is -4.43. The van der Waals surface area contributed by atoms with E-state index in [0.29, 0.717) is 5.56 Å². The zero-order chi connectivity index (χ0) is 19.9. The number of rotatable bonds is 4. The summed E-state index contributed by atoms with van der Waals surface area (Å²) in [6.07, 6.45) is -4.43. The Bertz CT molecular complexity index is 882. The number of benzene rings is 2. The molecule has 0 atom stereocenters. The normalized spacial score (nSPS) is 10.5. The van der Waals surface area contributed by atoms with E-state index < -0.39 is 17.8 Å². The van der Waals surface area contributed by atoms with Gasteiger partial charge in [0.15, 0.2) is 0 Å². The van der Waals surface area contributed by atoms with Crippen molar-refractivity contribution in [3.8, 4) is 11.8 Å². The van der Waals surface area contributed by atoms with Crippen LogP contribution in [0.3, 0.4) is 0 Å². The SMILES string of the molecule is NC(=O)NCc1ccc(C(=O)NCC#Cc2cccc(C(F)(F)F)c2)cc1. The van der Waals surface area contributed by atoms with E-state index in [1.807, 2.05) is 0 Å². The lowest BCUT2D eigenvalue weighted by atomic mass is 10.1. The Hall–Kier alpha value is -3.47. The number of alkyl halides is 3. The topological polar surface area (TPSA) is 84.2 Å². The van der Waals surface area contributed by atoms with Crippen molar-refractivity contribution in [1.29, 1.82) is 0 Å². The molecule has 27 heavy (non-hydrogen) atoms. The summed E-state index contributed by atoms with van der Waals surface area (Å²) in [5, 5.41) is 4.99. The maximum Gasteiger partial charge on any atom is 0.416 e. The van der Waals surface area contributed by atoms with Crippen LogP contribution >= 0.6 is 0 Å². The smallest absolute Gasteiger partial charge is 0.352 e. The number of nitrogens with two attached hydrogens (primary N) is 1. The van der Waals surface area contributed by atoms with E-state index in [0.717, 1.165) is 17.7 Å². The standard InChI is InChI=1S/C19H16F3N3O2/c20-19(21,22)16-5-1-3-13(11-16)4-2-10-24-17(26)15-8-6-14(7-9-15)12-25-18(23)27/h1,3,5-9,11H,10,12H2,(H,24,26)(H3,23,25,27). The van der Waals surface area contributed by atoms with E-state index in [1.165, 1.54) is 12.1 Å². The highest BCUT2D eigenvalue weighted by molar-refractivity contribution is 5.94. The Morgan fingerprint density at radius 3 is 2.37 bits per heavy atom. The zero-order valence-corrected chi connectivity index (χ0v) is 14.1. The molecule has 0 spiro atoms. The average Bonchev–Trinajstić information content (AvgIpc) is 2.63. The van der Waals surface area contributed by atoms with Crippen LogP contribution in [0.2, 0.25) is 0 Å². The summed E-state index contributed by atoms with van der Waals surface area (Å²) >= 11 is 0. The third-order valence-corrected chi connectivity index (χ3v) is 3.44. The molecule has 2 aromatic carbocycles. The molecule has 0 heterocycles. The number of hydrogen-bond donors (Lipinski definition) is 3. The fourth-order valence-electron chi connectivity index (χ4n) is 2.11. The highest BCUT2D eigenvalue weighted by atomic mass is 19.4. The molecule has 2 rings (SSSR count). The average molecular weight is 375 g/mol. The first-order valence-electron chi connectivity index (χ1n) is 7.82. The monoisotopic (exact) mass is 375 g/mol. The number of carbonyl (C=O) groups excluding carboxylic acids is 2. The summed E-state index contributed by atoms with van der Waals surface area (Å²) in [7, 11) is 0. The first kappa shape index (κ1) is 19.8. The predicted octanol–water partition coefficient (Wildman–Crippen LogP) is 2.66. The molecule has 4 N–H and O–H groups in total. The van der Waals surface area contributed by atoms with Gasteiger partial charge in [-0.1, -0.05) is 30.0 Å². The van der Waals surface area contributed by atoms with Crippen LogP contribution in [0, 0.1) is 11.8 Å². The van der Waals surface area contributed by atoms with Gasteiger partial charge in [-0.05, 0) is 35.9 Å². The summed E-state index contributed by atoms with van der Waals surface area (Å²) in [6.45, 7) is 0.236. The summed E-state index contributed by atoms with van der Waals surface area (Å²) in [6, 6.07) is 10.5. The van der Waals surface area contributed by atoms with Crippen molar-refractivity contribution in [1.82, 2.24) is 10.6 Å². The molecule has 0 aliphatic rings. The van der Waals surface area contributed by atoms with Gasteiger partial charge in [-0.3, -0.25) is 4.79 Å².